The fourth-order valence-corrected chi connectivity index (χ4v) is 3.39. The molecule has 0 fully saturated rings. The molecule has 0 atom stereocenters. The molecule has 0 aliphatic heterocycles. The molecule has 0 saturated heterocycles. The Morgan fingerprint density at radius 1 is 1.43 bits per heavy atom. The molecule has 1 aromatic carbocycles. The van der Waals surface area contributed by atoms with Crippen molar-refractivity contribution in [1.29, 1.82) is 0 Å². The molecule has 0 radical (unpaired) electrons. The van der Waals surface area contributed by atoms with E-state index in [1.807, 2.05) is 6.92 Å². The second kappa shape index (κ2) is 6.83. The lowest BCUT2D eigenvalue weighted by Crippen LogP contribution is -2.24. The van der Waals surface area contributed by atoms with Crippen molar-refractivity contribution in [3.05, 3.63) is 45.9 Å². The largest absolute Gasteiger partial charge is 0.320 e. The van der Waals surface area contributed by atoms with E-state index in [4.69, 9.17) is 5.73 Å². The predicted octanol–water partition coefficient (Wildman–Crippen LogP) is 1.24. The molecule has 7 heteroatoms. The standard InChI is InChI=1S/C14H15N3O2S2/c1-11-4-5-14(12(7-11)3-2-6-15)21(18,19)17-8-13-9-20-10-16-13/h4-5,7,9-10,17H,6,8,15H2,1H3. The molecule has 0 spiro atoms. The highest BCUT2D eigenvalue weighted by molar-refractivity contribution is 7.89. The van der Waals surface area contributed by atoms with E-state index in [1.54, 1.807) is 29.1 Å². The predicted molar refractivity (Wildman–Crippen MR) is 83.3 cm³/mol. The van der Waals surface area contributed by atoms with E-state index in [1.165, 1.54) is 11.3 Å². The number of thiazole rings is 1. The summed E-state index contributed by atoms with van der Waals surface area (Å²) in [4.78, 5) is 4.20. The van der Waals surface area contributed by atoms with Crippen molar-refractivity contribution in [2.24, 2.45) is 5.73 Å². The van der Waals surface area contributed by atoms with Gasteiger partial charge in [0.15, 0.2) is 0 Å². The number of nitrogens with two attached hydrogens (primary N) is 1. The van der Waals surface area contributed by atoms with E-state index in [0.717, 1.165) is 5.56 Å². The number of nitrogens with zero attached hydrogens (tertiary/aromatic N) is 1. The molecular formula is C14H15N3O2S2. The van der Waals surface area contributed by atoms with Gasteiger partial charge in [0.05, 0.1) is 29.2 Å². The van der Waals surface area contributed by atoms with Crippen molar-refractivity contribution in [3.63, 3.8) is 0 Å². The van der Waals surface area contributed by atoms with Crippen LogP contribution in [0.1, 0.15) is 16.8 Å². The highest BCUT2D eigenvalue weighted by Crippen LogP contribution is 2.17. The van der Waals surface area contributed by atoms with Gasteiger partial charge in [-0.3, -0.25) is 0 Å². The molecular weight excluding hydrogens is 306 g/mol. The zero-order valence-electron chi connectivity index (χ0n) is 11.5. The van der Waals surface area contributed by atoms with Crippen molar-refractivity contribution in [2.45, 2.75) is 18.4 Å². The van der Waals surface area contributed by atoms with Crippen molar-refractivity contribution in [1.82, 2.24) is 9.71 Å². The second-order valence-electron chi connectivity index (χ2n) is 4.31. The number of nitrogens with one attached hydrogen (secondary N) is 1. The van der Waals surface area contributed by atoms with Gasteiger partial charge < -0.3 is 5.73 Å². The Bertz CT molecular complexity index is 772. The highest BCUT2D eigenvalue weighted by atomic mass is 32.2. The molecule has 2 rings (SSSR count). The number of hydrogen-bond acceptors (Lipinski definition) is 5. The normalized spacial score (nSPS) is 11.0. The van der Waals surface area contributed by atoms with Crippen LogP contribution < -0.4 is 10.5 Å². The minimum Gasteiger partial charge on any atom is -0.320 e. The van der Waals surface area contributed by atoms with Crippen LogP contribution in [0.3, 0.4) is 0 Å². The molecule has 0 bridgehead atoms. The Kier molecular flexibility index (Phi) is 5.09. The van der Waals surface area contributed by atoms with Crippen LogP contribution in [0, 0.1) is 18.8 Å². The van der Waals surface area contributed by atoms with Crippen LogP contribution in [-0.2, 0) is 16.6 Å². The molecule has 5 nitrogen and oxygen atoms in total. The van der Waals surface area contributed by atoms with Gasteiger partial charge in [0.25, 0.3) is 0 Å². The van der Waals surface area contributed by atoms with Gasteiger partial charge in [-0.05, 0) is 24.6 Å². The lowest BCUT2D eigenvalue weighted by atomic mass is 10.1. The average molecular weight is 321 g/mol. The summed E-state index contributed by atoms with van der Waals surface area (Å²) in [6, 6.07) is 5.03. The van der Waals surface area contributed by atoms with E-state index in [0.29, 0.717) is 11.3 Å². The number of sulfonamides is 1. The third-order valence-corrected chi connectivity index (χ3v) is 4.77. The van der Waals surface area contributed by atoms with Gasteiger partial charge in [-0.2, -0.15) is 0 Å². The molecule has 0 saturated carbocycles. The van der Waals surface area contributed by atoms with Crippen LogP contribution >= 0.6 is 11.3 Å². The first-order valence-electron chi connectivity index (χ1n) is 6.19. The molecule has 1 aromatic heterocycles. The molecule has 1 heterocycles. The van der Waals surface area contributed by atoms with E-state index >= 15 is 0 Å². The van der Waals surface area contributed by atoms with Gasteiger partial charge in [0.2, 0.25) is 10.0 Å². The quantitative estimate of drug-likeness (QED) is 0.830. The smallest absolute Gasteiger partial charge is 0.242 e. The summed E-state index contributed by atoms with van der Waals surface area (Å²) in [5.41, 5.74) is 9.09. The lowest BCUT2D eigenvalue weighted by molar-refractivity contribution is 0.580. The van der Waals surface area contributed by atoms with Gasteiger partial charge in [0, 0.05) is 10.9 Å². The maximum absolute atomic E-state index is 12.4. The first kappa shape index (κ1) is 15.7. The van der Waals surface area contributed by atoms with Crippen molar-refractivity contribution in [3.8, 4) is 11.8 Å². The number of aromatic nitrogens is 1. The first-order valence-corrected chi connectivity index (χ1v) is 8.62. The monoisotopic (exact) mass is 321 g/mol. The van der Waals surface area contributed by atoms with E-state index in [-0.39, 0.29) is 18.0 Å². The van der Waals surface area contributed by atoms with Gasteiger partial charge in [-0.15, -0.1) is 11.3 Å². The number of aryl methyl sites for hydroxylation is 1. The zero-order chi connectivity index (χ0) is 15.3. The Morgan fingerprint density at radius 2 is 2.24 bits per heavy atom. The summed E-state index contributed by atoms with van der Waals surface area (Å²) in [5, 5.41) is 1.80. The summed E-state index contributed by atoms with van der Waals surface area (Å²) in [7, 11) is -3.64. The molecule has 0 amide bonds. The van der Waals surface area contributed by atoms with Crippen molar-refractivity contribution >= 4 is 21.4 Å². The first-order chi connectivity index (χ1) is 10.0. The van der Waals surface area contributed by atoms with E-state index in [2.05, 4.69) is 21.5 Å². The van der Waals surface area contributed by atoms with Crippen LogP contribution in [0.5, 0.6) is 0 Å². The van der Waals surface area contributed by atoms with Gasteiger partial charge in [0.1, 0.15) is 0 Å². The third-order valence-electron chi connectivity index (χ3n) is 2.68. The topological polar surface area (TPSA) is 85.1 Å². The fraction of sp³-hybridized carbons (Fsp3) is 0.214. The van der Waals surface area contributed by atoms with Crippen LogP contribution in [-0.4, -0.2) is 19.9 Å². The summed E-state index contributed by atoms with van der Waals surface area (Å²) in [6.45, 7) is 2.22. The Labute approximate surface area is 128 Å². The van der Waals surface area contributed by atoms with Crippen molar-refractivity contribution in [2.75, 3.05) is 6.54 Å². The van der Waals surface area contributed by atoms with E-state index in [9.17, 15) is 8.42 Å². The third kappa shape index (κ3) is 4.12. The number of rotatable bonds is 4. The molecule has 2 aromatic rings. The maximum Gasteiger partial charge on any atom is 0.242 e. The molecule has 0 aliphatic rings. The molecule has 110 valence electrons. The minimum absolute atomic E-state index is 0.156. The lowest BCUT2D eigenvalue weighted by Gasteiger charge is -2.08. The fourth-order valence-electron chi connectivity index (χ4n) is 1.69. The van der Waals surface area contributed by atoms with Crippen LogP contribution in [0.2, 0.25) is 0 Å². The summed E-state index contributed by atoms with van der Waals surface area (Å²) in [6.07, 6.45) is 0. The zero-order valence-corrected chi connectivity index (χ0v) is 13.1. The number of benzene rings is 1. The second-order valence-corrected chi connectivity index (χ2v) is 6.76. The Morgan fingerprint density at radius 3 is 2.90 bits per heavy atom. The average Bonchev–Trinajstić information content (AvgIpc) is 2.96. The summed E-state index contributed by atoms with van der Waals surface area (Å²) in [5.74, 6) is 5.49. The van der Waals surface area contributed by atoms with Crippen LogP contribution in [0.15, 0.2) is 34.0 Å². The Balaban J connectivity index is 2.30. The summed E-state index contributed by atoms with van der Waals surface area (Å²) >= 11 is 1.42. The van der Waals surface area contributed by atoms with Gasteiger partial charge in [-0.1, -0.05) is 17.9 Å². The molecule has 21 heavy (non-hydrogen) atoms. The minimum atomic E-state index is -3.64. The van der Waals surface area contributed by atoms with Crippen LogP contribution in [0.25, 0.3) is 0 Å². The molecule has 0 unspecified atom stereocenters. The van der Waals surface area contributed by atoms with Crippen molar-refractivity contribution < 1.29 is 8.42 Å². The van der Waals surface area contributed by atoms with Crippen LogP contribution in [0.4, 0.5) is 0 Å². The Hall–Kier alpha value is -1.72. The van der Waals surface area contributed by atoms with E-state index < -0.39 is 10.0 Å². The summed E-state index contributed by atoms with van der Waals surface area (Å²) < 4.78 is 27.3. The SMILES string of the molecule is Cc1ccc(S(=O)(=O)NCc2cscn2)c(C#CCN)c1. The maximum atomic E-state index is 12.4. The molecule has 3 N–H and O–H groups in total. The highest BCUT2D eigenvalue weighted by Gasteiger charge is 2.17. The van der Waals surface area contributed by atoms with Gasteiger partial charge in [-0.25, -0.2) is 18.1 Å². The van der Waals surface area contributed by atoms with Gasteiger partial charge >= 0.3 is 0 Å². The molecule has 0 aliphatic carbocycles. The number of hydrogen-bond donors (Lipinski definition) is 2.